The van der Waals surface area contributed by atoms with Gasteiger partial charge in [0.2, 0.25) is 5.91 Å². The third-order valence-electron chi connectivity index (χ3n) is 1.48. The monoisotopic (exact) mass is 228 g/mol. The number of halogens is 3. The van der Waals surface area contributed by atoms with Crippen molar-refractivity contribution in [3.63, 3.8) is 0 Å². The van der Waals surface area contributed by atoms with Crippen molar-refractivity contribution in [2.24, 2.45) is 0 Å². The lowest BCUT2D eigenvalue weighted by atomic mass is 10.1. The number of alkyl halides is 3. The van der Waals surface area contributed by atoms with Gasteiger partial charge in [0.15, 0.2) is 0 Å². The van der Waals surface area contributed by atoms with Crippen LogP contribution in [0.4, 0.5) is 13.2 Å². The largest absolute Gasteiger partial charge is 0.401 e. The Morgan fingerprint density at radius 1 is 1.33 bits per heavy atom. The molecule has 0 saturated carbocycles. The van der Waals surface area contributed by atoms with E-state index in [0.29, 0.717) is 0 Å². The zero-order valence-electron chi connectivity index (χ0n) is 8.61. The quantitative estimate of drug-likeness (QED) is 0.622. The molecule has 0 radical (unpaired) electrons. The molecule has 3 N–H and O–H groups in total. The van der Waals surface area contributed by atoms with Gasteiger partial charge in [-0.1, -0.05) is 0 Å². The molecule has 0 aliphatic heterocycles. The van der Waals surface area contributed by atoms with Gasteiger partial charge in [-0.05, 0) is 13.8 Å². The van der Waals surface area contributed by atoms with Gasteiger partial charge < -0.3 is 15.7 Å². The van der Waals surface area contributed by atoms with Crippen LogP contribution in [0.25, 0.3) is 0 Å². The molecule has 0 saturated heterocycles. The molecule has 0 aliphatic carbocycles. The highest BCUT2D eigenvalue weighted by Crippen LogP contribution is 2.11. The Morgan fingerprint density at radius 2 is 1.87 bits per heavy atom. The second kappa shape index (κ2) is 5.32. The molecule has 0 bridgehead atoms. The fourth-order valence-corrected chi connectivity index (χ4v) is 0.779. The summed E-state index contributed by atoms with van der Waals surface area (Å²) in [5.41, 5.74) is -0.822. The lowest BCUT2D eigenvalue weighted by Gasteiger charge is -2.23. The number of hydrogen-bond donors (Lipinski definition) is 3. The Bertz CT molecular complexity index is 216. The Balaban J connectivity index is 3.77. The van der Waals surface area contributed by atoms with Gasteiger partial charge in [0.25, 0.3) is 0 Å². The third kappa shape index (κ3) is 8.19. The average Bonchev–Trinajstić information content (AvgIpc) is 2.00. The highest BCUT2D eigenvalue weighted by Gasteiger charge is 2.27. The van der Waals surface area contributed by atoms with Crippen LogP contribution >= 0.6 is 0 Å². The van der Waals surface area contributed by atoms with Gasteiger partial charge in [-0.15, -0.1) is 0 Å². The van der Waals surface area contributed by atoms with Gasteiger partial charge in [-0.25, -0.2) is 0 Å². The van der Waals surface area contributed by atoms with Crippen LogP contribution in [-0.2, 0) is 4.79 Å². The lowest BCUT2D eigenvalue weighted by Crippen LogP contribution is -2.49. The minimum Gasteiger partial charge on any atom is -0.394 e. The predicted octanol–water partition coefficient (Wildman–Crippen LogP) is 0.0254. The third-order valence-corrected chi connectivity index (χ3v) is 1.48. The van der Waals surface area contributed by atoms with E-state index in [-0.39, 0.29) is 6.61 Å². The van der Waals surface area contributed by atoms with E-state index in [1.165, 1.54) is 0 Å². The minimum absolute atomic E-state index is 0.280. The normalized spacial score (nSPS) is 12.7. The van der Waals surface area contributed by atoms with Crippen molar-refractivity contribution in [3.8, 4) is 0 Å². The van der Waals surface area contributed by atoms with Crippen molar-refractivity contribution in [1.29, 1.82) is 0 Å². The van der Waals surface area contributed by atoms with E-state index in [1.54, 1.807) is 13.8 Å². The van der Waals surface area contributed by atoms with Crippen LogP contribution in [0.15, 0.2) is 0 Å². The first-order chi connectivity index (χ1) is 6.66. The highest BCUT2D eigenvalue weighted by atomic mass is 19.4. The first-order valence-electron chi connectivity index (χ1n) is 4.36. The second-order valence-corrected chi connectivity index (χ2v) is 3.81. The molecule has 4 nitrogen and oxygen atoms in total. The molecule has 0 aromatic rings. The van der Waals surface area contributed by atoms with E-state index in [4.69, 9.17) is 5.11 Å². The SMILES string of the molecule is CC(C)(CO)NC(=O)CNCC(F)(F)F. The molecule has 0 aromatic carbocycles. The molecule has 0 unspecified atom stereocenters. The van der Waals surface area contributed by atoms with Gasteiger partial charge in [0.1, 0.15) is 0 Å². The van der Waals surface area contributed by atoms with Crippen LogP contribution in [-0.4, -0.2) is 42.4 Å². The summed E-state index contributed by atoms with van der Waals surface area (Å²) < 4.78 is 35.0. The molecule has 0 aliphatic rings. The van der Waals surface area contributed by atoms with Crippen LogP contribution in [0.5, 0.6) is 0 Å². The van der Waals surface area contributed by atoms with Gasteiger partial charge in [-0.2, -0.15) is 13.2 Å². The first-order valence-corrected chi connectivity index (χ1v) is 4.36. The maximum Gasteiger partial charge on any atom is 0.401 e. The number of amides is 1. The maximum absolute atomic E-state index is 11.7. The van der Waals surface area contributed by atoms with Crippen molar-refractivity contribution < 1.29 is 23.1 Å². The molecular weight excluding hydrogens is 213 g/mol. The number of nitrogens with one attached hydrogen (secondary N) is 2. The lowest BCUT2D eigenvalue weighted by molar-refractivity contribution is -0.129. The Kier molecular flexibility index (Phi) is 5.02. The molecule has 0 heterocycles. The van der Waals surface area contributed by atoms with Gasteiger partial charge in [0, 0.05) is 0 Å². The summed E-state index contributed by atoms with van der Waals surface area (Å²) >= 11 is 0. The summed E-state index contributed by atoms with van der Waals surface area (Å²) in [6.07, 6.45) is -4.33. The van der Waals surface area contributed by atoms with E-state index in [1.807, 2.05) is 5.32 Å². The summed E-state index contributed by atoms with van der Waals surface area (Å²) in [5.74, 6) is -0.585. The molecule has 1 amide bonds. The molecule has 0 aromatic heterocycles. The van der Waals surface area contributed by atoms with Gasteiger partial charge in [-0.3, -0.25) is 4.79 Å². The number of carbonyl (C=O) groups excluding carboxylic acids is 1. The van der Waals surface area contributed by atoms with E-state index in [0.717, 1.165) is 0 Å². The standard InChI is InChI=1S/C8H15F3N2O2/c1-7(2,5-14)13-6(15)3-12-4-8(9,10)11/h12,14H,3-5H2,1-2H3,(H,13,15). The van der Waals surface area contributed by atoms with E-state index >= 15 is 0 Å². The molecule has 0 spiro atoms. The highest BCUT2D eigenvalue weighted by molar-refractivity contribution is 5.78. The molecule has 15 heavy (non-hydrogen) atoms. The molecule has 90 valence electrons. The minimum atomic E-state index is -4.33. The Labute approximate surface area is 85.8 Å². The second-order valence-electron chi connectivity index (χ2n) is 3.81. The Morgan fingerprint density at radius 3 is 2.27 bits per heavy atom. The topological polar surface area (TPSA) is 61.4 Å². The first kappa shape index (κ1) is 14.2. The van der Waals surface area contributed by atoms with Crippen LogP contribution in [0, 0.1) is 0 Å². The molecular formula is C8H15F3N2O2. The van der Waals surface area contributed by atoms with E-state index in [2.05, 4.69) is 5.32 Å². The zero-order chi connectivity index (χ0) is 12.1. The van der Waals surface area contributed by atoms with Crippen LogP contribution in [0.3, 0.4) is 0 Å². The summed E-state index contributed by atoms with van der Waals surface area (Å²) in [6.45, 7) is 1.21. The Hall–Kier alpha value is -0.820. The van der Waals surface area contributed by atoms with Crippen LogP contribution in [0.2, 0.25) is 0 Å². The summed E-state index contributed by atoms with van der Waals surface area (Å²) in [6, 6.07) is 0. The van der Waals surface area contributed by atoms with Gasteiger partial charge >= 0.3 is 6.18 Å². The maximum atomic E-state index is 11.7. The average molecular weight is 228 g/mol. The number of hydrogen-bond acceptors (Lipinski definition) is 3. The predicted molar refractivity (Wildman–Crippen MR) is 48.2 cm³/mol. The summed E-state index contributed by atoms with van der Waals surface area (Å²) in [7, 11) is 0. The number of rotatable bonds is 5. The fourth-order valence-electron chi connectivity index (χ4n) is 0.779. The summed E-state index contributed by atoms with van der Waals surface area (Å²) in [4.78, 5) is 11.1. The van der Waals surface area contributed by atoms with Gasteiger partial charge in [0.05, 0.1) is 25.2 Å². The number of carbonyl (C=O) groups is 1. The van der Waals surface area contributed by atoms with Crippen LogP contribution < -0.4 is 10.6 Å². The van der Waals surface area contributed by atoms with E-state index in [9.17, 15) is 18.0 Å². The number of aliphatic hydroxyl groups is 1. The smallest absolute Gasteiger partial charge is 0.394 e. The summed E-state index contributed by atoms with van der Waals surface area (Å²) in [5, 5.41) is 13.1. The number of aliphatic hydroxyl groups excluding tert-OH is 1. The van der Waals surface area contributed by atoms with Crippen molar-refractivity contribution in [2.75, 3.05) is 19.7 Å². The van der Waals surface area contributed by atoms with Crippen molar-refractivity contribution >= 4 is 5.91 Å². The molecule has 0 fully saturated rings. The molecule has 0 rings (SSSR count). The van der Waals surface area contributed by atoms with Crippen LogP contribution in [0.1, 0.15) is 13.8 Å². The van der Waals surface area contributed by atoms with E-state index < -0.39 is 30.7 Å². The zero-order valence-corrected chi connectivity index (χ0v) is 8.61. The molecule has 7 heteroatoms. The van der Waals surface area contributed by atoms with Crippen molar-refractivity contribution in [1.82, 2.24) is 10.6 Å². The fraction of sp³-hybridized carbons (Fsp3) is 0.875. The van der Waals surface area contributed by atoms with Crippen molar-refractivity contribution in [3.05, 3.63) is 0 Å². The molecule has 0 atom stereocenters. The van der Waals surface area contributed by atoms with Crippen molar-refractivity contribution in [2.45, 2.75) is 25.6 Å².